The molecule has 100 valence electrons. The number of aromatic hydroxyl groups is 1. The highest BCUT2D eigenvalue weighted by Gasteiger charge is 2.04. The third-order valence-electron chi connectivity index (χ3n) is 2.92. The van der Waals surface area contributed by atoms with Crippen LogP contribution in [0.25, 0.3) is 0 Å². The van der Waals surface area contributed by atoms with Crippen molar-refractivity contribution in [3.63, 3.8) is 0 Å². The fraction of sp³-hybridized carbons (Fsp3) is 0.250. The lowest BCUT2D eigenvalue weighted by molar-refractivity contribution is 0.0510. The van der Waals surface area contributed by atoms with E-state index in [0.717, 1.165) is 18.4 Å². The van der Waals surface area contributed by atoms with Gasteiger partial charge in [-0.25, -0.2) is 0 Å². The molecule has 19 heavy (non-hydrogen) atoms. The van der Waals surface area contributed by atoms with E-state index in [1.54, 1.807) is 19.2 Å². The van der Waals surface area contributed by atoms with E-state index >= 15 is 0 Å². The number of aryl methyl sites for hydroxylation is 2. The van der Waals surface area contributed by atoms with Crippen molar-refractivity contribution in [2.24, 2.45) is 0 Å². The number of hydrogen-bond acceptors (Lipinski definition) is 3. The Labute approximate surface area is 113 Å². The van der Waals surface area contributed by atoms with Crippen molar-refractivity contribution >= 4 is 0 Å². The van der Waals surface area contributed by atoms with Crippen LogP contribution in [-0.4, -0.2) is 19.0 Å². The molecule has 0 bridgehead atoms. The summed E-state index contributed by atoms with van der Waals surface area (Å²) in [5, 5.41) is 9.85. The molecule has 0 aliphatic rings. The van der Waals surface area contributed by atoms with Gasteiger partial charge >= 0.3 is 0 Å². The van der Waals surface area contributed by atoms with Gasteiger partial charge in [0, 0.05) is 7.11 Å². The number of rotatable bonds is 6. The zero-order valence-electron chi connectivity index (χ0n) is 11.0. The highest BCUT2D eigenvalue weighted by Crippen LogP contribution is 2.24. The lowest BCUT2D eigenvalue weighted by Crippen LogP contribution is -2.00. The van der Waals surface area contributed by atoms with Crippen LogP contribution < -0.4 is 4.74 Å². The van der Waals surface area contributed by atoms with E-state index in [1.807, 2.05) is 24.3 Å². The Morgan fingerprint density at radius 1 is 1.00 bits per heavy atom. The van der Waals surface area contributed by atoms with E-state index in [4.69, 9.17) is 9.47 Å². The summed E-state index contributed by atoms with van der Waals surface area (Å²) in [4.78, 5) is 0. The first-order valence-corrected chi connectivity index (χ1v) is 6.27. The van der Waals surface area contributed by atoms with Crippen molar-refractivity contribution in [1.82, 2.24) is 0 Å². The molecule has 0 spiro atoms. The number of ether oxygens (including phenoxy) is 2. The topological polar surface area (TPSA) is 38.7 Å². The van der Waals surface area contributed by atoms with Gasteiger partial charge in [-0.2, -0.15) is 0 Å². The number of hydrogen-bond donors (Lipinski definition) is 1. The Bertz CT molecular complexity index is 509. The summed E-state index contributed by atoms with van der Waals surface area (Å²) in [7, 11) is 1.58. The molecule has 3 heteroatoms. The van der Waals surface area contributed by atoms with Gasteiger partial charge in [0.1, 0.15) is 11.5 Å². The highest BCUT2D eigenvalue weighted by atomic mass is 16.7. The zero-order valence-corrected chi connectivity index (χ0v) is 11.0. The van der Waals surface area contributed by atoms with Gasteiger partial charge in [-0.05, 0) is 42.2 Å². The highest BCUT2D eigenvalue weighted by molar-refractivity contribution is 5.39. The van der Waals surface area contributed by atoms with Gasteiger partial charge in [-0.15, -0.1) is 0 Å². The van der Waals surface area contributed by atoms with E-state index in [2.05, 4.69) is 12.1 Å². The molecule has 0 fully saturated rings. The number of phenolic OH excluding ortho intramolecular Hbond substituents is 1. The van der Waals surface area contributed by atoms with Crippen molar-refractivity contribution in [3.8, 4) is 11.5 Å². The van der Waals surface area contributed by atoms with Crippen molar-refractivity contribution < 1.29 is 14.6 Å². The average Bonchev–Trinajstić information content (AvgIpc) is 2.46. The fourth-order valence-electron chi connectivity index (χ4n) is 1.90. The van der Waals surface area contributed by atoms with Crippen molar-refractivity contribution in [1.29, 1.82) is 0 Å². The maximum absolute atomic E-state index is 9.85. The smallest absolute Gasteiger partial charge is 0.188 e. The molecule has 0 radical (unpaired) electrons. The third-order valence-corrected chi connectivity index (χ3v) is 2.92. The molecule has 0 amide bonds. The number of phenols is 1. The summed E-state index contributed by atoms with van der Waals surface area (Å²) in [6.45, 7) is 0.211. The maximum atomic E-state index is 9.85. The second-order valence-electron chi connectivity index (χ2n) is 4.33. The molecular formula is C16H18O3. The van der Waals surface area contributed by atoms with Gasteiger partial charge in [0.25, 0.3) is 0 Å². The summed E-state index contributed by atoms with van der Waals surface area (Å²) in [6, 6.07) is 15.5. The van der Waals surface area contributed by atoms with Crippen molar-refractivity contribution in [3.05, 3.63) is 59.7 Å². The summed E-state index contributed by atoms with van der Waals surface area (Å²) in [6.07, 6.45) is 1.67. The molecule has 0 atom stereocenters. The van der Waals surface area contributed by atoms with Gasteiger partial charge in [-0.3, -0.25) is 0 Å². The van der Waals surface area contributed by atoms with Crippen LogP contribution in [0.2, 0.25) is 0 Å². The molecule has 0 saturated carbocycles. The molecule has 0 aromatic heterocycles. The molecule has 0 heterocycles. The van der Waals surface area contributed by atoms with Crippen LogP contribution in [0.15, 0.2) is 48.5 Å². The summed E-state index contributed by atoms with van der Waals surface area (Å²) in [5.41, 5.74) is 2.14. The Morgan fingerprint density at radius 3 is 2.53 bits per heavy atom. The van der Waals surface area contributed by atoms with E-state index in [-0.39, 0.29) is 6.79 Å². The second kappa shape index (κ2) is 6.81. The van der Waals surface area contributed by atoms with Crippen LogP contribution in [-0.2, 0) is 17.6 Å². The number of benzene rings is 2. The van der Waals surface area contributed by atoms with Crippen molar-refractivity contribution in [2.45, 2.75) is 12.8 Å². The summed E-state index contributed by atoms with van der Waals surface area (Å²) in [5.74, 6) is 1.02. The molecule has 2 aromatic carbocycles. The van der Waals surface area contributed by atoms with Gasteiger partial charge in [0.2, 0.25) is 0 Å². The first-order chi connectivity index (χ1) is 9.29. The standard InChI is InChI=1S/C16H18O3/c1-18-12-19-15-9-10-16(17)14(11-15)8-7-13-5-3-2-4-6-13/h2-6,9-11,17H,7-8,12H2,1H3. The molecule has 0 saturated heterocycles. The Balaban J connectivity index is 2.02. The van der Waals surface area contributed by atoms with Crippen LogP contribution in [0.5, 0.6) is 11.5 Å². The summed E-state index contributed by atoms with van der Waals surface area (Å²) >= 11 is 0. The average molecular weight is 258 g/mol. The molecule has 3 nitrogen and oxygen atoms in total. The first kappa shape index (κ1) is 13.4. The van der Waals surface area contributed by atoms with Crippen LogP contribution >= 0.6 is 0 Å². The van der Waals surface area contributed by atoms with E-state index in [1.165, 1.54) is 5.56 Å². The third kappa shape index (κ3) is 4.00. The minimum atomic E-state index is 0.211. The lowest BCUT2D eigenvalue weighted by atomic mass is 10.0. The predicted molar refractivity (Wildman–Crippen MR) is 74.5 cm³/mol. The Morgan fingerprint density at radius 2 is 1.79 bits per heavy atom. The van der Waals surface area contributed by atoms with Gasteiger partial charge in [0.05, 0.1) is 0 Å². The van der Waals surface area contributed by atoms with Crippen LogP contribution in [0.3, 0.4) is 0 Å². The fourth-order valence-corrected chi connectivity index (χ4v) is 1.90. The molecule has 0 unspecified atom stereocenters. The summed E-state index contributed by atoms with van der Waals surface area (Å²) < 4.78 is 10.2. The van der Waals surface area contributed by atoms with Crippen LogP contribution in [0, 0.1) is 0 Å². The first-order valence-electron chi connectivity index (χ1n) is 6.27. The second-order valence-corrected chi connectivity index (χ2v) is 4.33. The zero-order chi connectivity index (χ0) is 13.5. The minimum Gasteiger partial charge on any atom is -0.508 e. The van der Waals surface area contributed by atoms with Gasteiger partial charge in [-0.1, -0.05) is 30.3 Å². The normalized spacial score (nSPS) is 10.4. The Hall–Kier alpha value is -2.00. The molecule has 0 aliphatic carbocycles. The van der Waals surface area contributed by atoms with E-state index in [0.29, 0.717) is 11.5 Å². The molecule has 2 aromatic rings. The Kier molecular flexibility index (Phi) is 4.81. The van der Waals surface area contributed by atoms with E-state index < -0.39 is 0 Å². The van der Waals surface area contributed by atoms with Crippen LogP contribution in [0.4, 0.5) is 0 Å². The quantitative estimate of drug-likeness (QED) is 0.809. The molecule has 2 rings (SSSR count). The lowest BCUT2D eigenvalue weighted by Gasteiger charge is -2.09. The number of methoxy groups -OCH3 is 1. The largest absolute Gasteiger partial charge is 0.508 e. The van der Waals surface area contributed by atoms with Gasteiger partial charge in [0.15, 0.2) is 6.79 Å². The molecule has 1 N–H and O–H groups in total. The maximum Gasteiger partial charge on any atom is 0.188 e. The predicted octanol–water partition coefficient (Wildman–Crippen LogP) is 3.16. The minimum absolute atomic E-state index is 0.211. The molecule has 0 aliphatic heterocycles. The van der Waals surface area contributed by atoms with E-state index in [9.17, 15) is 5.11 Å². The van der Waals surface area contributed by atoms with Crippen molar-refractivity contribution in [2.75, 3.05) is 13.9 Å². The molecular weight excluding hydrogens is 240 g/mol. The monoisotopic (exact) mass is 258 g/mol. The van der Waals surface area contributed by atoms with Crippen LogP contribution in [0.1, 0.15) is 11.1 Å². The SMILES string of the molecule is COCOc1ccc(O)c(CCc2ccccc2)c1. The van der Waals surface area contributed by atoms with Gasteiger partial charge < -0.3 is 14.6 Å².